The summed E-state index contributed by atoms with van der Waals surface area (Å²) in [6, 6.07) is 4.00. The average Bonchev–Trinajstić information content (AvgIpc) is 2.83. The van der Waals surface area contributed by atoms with Crippen LogP contribution in [-0.4, -0.2) is 14.8 Å². The van der Waals surface area contributed by atoms with E-state index in [2.05, 4.69) is 39.9 Å². The summed E-state index contributed by atoms with van der Waals surface area (Å²) in [6.45, 7) is 7.53. The minimum Gasteiger partial charge on any atom is -0.485 e. The highest BCUT2D eigenvalue weighted by Crippen LogP contribution is 2.29. The molecule has 0 saturated heterocycles. The van der Waals surface area contributed by atoms with Crippen molar-refractivity contribution in [3.05, 3.63) is 39.9 Å². The molecule has 21 heavy (non-hydrogen) atoms. The van der Waals surface area contributed by atoms with E-state index >= 15 is 0 Å². The molecule has 0 N–H and O–H groups in total. The lowest BCUT2D eigenvalue weighted by atomic mass is 10.1. The van der Waals surface area contributed by atoms with Crippen LogP contribution < -0.4 is 4.74 Å². The van der Waals surface area contributed by atoms with E-state index in [-0.39, 0.29) is 0 Å². The largest absolute Gasteiger partial charge is 0.485 e. The van der Waals surface area contributed by atoms with Gasteiger partial charge in [0.1, 0.15) is 18.7 Å². The van der Waals surface area contributed by atoms with Crippen molar-refractivity contribution in [1.29, 1.82) is 0 Å². The maximum Gasteiger partial charge on any atom is 0.164 e. The van der Waals surface area contributed by atoms with E-state index in [0.717, 1.165) is 33.7 Å². The topological polar surface area (TPSA) is 39.9 Å². The molecule has 1 aromatic heterocycles. The Morgan fingerprint density at radius 1 is 1.38 bits per heavy atom. The zero-order valence-corrected chi connectivity index (χ0v) is 14.8. The summed E-state index contributed by atoms with van der Waals surface area (Å²) in [4.78, 5) is 4.27. The molecule has 2 rings (SSSR count). The van der Waals surface area contributed by atoms with Gasteiger partial charge in [0, 0.05) is 16.6 Å². The Bertz CT molecular complexity index is 613. The molecule has 0 fully saturated rings. The lowest BCUT2D eigenvalue weighted by Crippen LogP contribution is -2.13. The summed E-state index contributed by atoms with van der Waals surface area (Å²) in [5, 5.41) is 4.24. The lowest BCUT2D eigenvalue weighted by molar-refractivity contribution is 0.279. The summed E-state index contributed by atoms with van der Waals surface area (Å²) in [5.41, 5.74) is 2.02. The van der Waals surface area contributed by atoms with Crippen LogP contribution in [0.4, 0.5) is 0 Å². The van der Waals surface area contributed by atoms with Gasteiger partial charge < -0.3 is 4.74 Å². The van der Waals surface area contributed by atoms with Crippen LogP contribution >= 0.6 is 27.5 Å². The predicted molar refractivity (Wildman–Crippen MR) is 87.6 cm³/mol. The van der Waals surface area contributed by atoms with Gasteiger partial charge in [-0.05, 0) is 30.5 Å². The standard InChI is InChI=1S/C15H19BrClN3O/c1-10(2)7-20-14(18-9-19-20)8-21-15-11(3)4-13(16)5-12(15)6-17/h4-5,9-10H,6-8H2,1-3H3. The second-order valence-electron chi connectivity index (χ2n) is 5.39. The monoisotopic (exact) mass is 371 g/mol. The average molecular weight is 373 g/mol. The van der Waals surface area contributed by atoms with E-state index in [1.54, 1.807) is 6.33 Å². The minimum atomic E-state index is 0.388. The lowest BCUT2D eigenvalue weighted by Gasteiger charge is -2.14. The van der Waals surface area contributed by atoms with Crippen molar-refractivity contribution in [2.75, 3.05) is 0 Å². The number of halogens is 2. The SMILES string of the molecule is Cc1cc(Br)cc(CCl)c1OCc1ncnn1CC(C)C. The summed E-state index contributed by atoms with van der Waals surface area (Å²) < 4.78 is 8.85. The summed E-state index contributed by atoms with van der Waals surface area (Å²) in [7, 11) is 0. The van der Waals surface area contributed by atoms with Gasteiger partial charge in [-0.1, -0.05) is 29.8 Å². The molecule has 114 valence electrons. The molecule has 0 aliphatic carbocycles. The number of aryl methyl sites for hydroxylation is 1. The Morgan fingerprint density at radius 2 is 2.14 bits per heavy atom. The highest BCUT2D eigenvalue weighted by atomic mass is 79.9. The number of ether oxygens (including phenoxy) is 1. The molecule has 1 aromatic carbocycles. The maximum absolute atomic E-state index is 6.00. The van der Waals surface area contributed by atoms with E-state index in [4.69, 9.17) is 16.3 Å². The Morgan fingerprint density at radius 3 is 2.81 bits per heavy atom. The van der Waals surface area contributed by atoms with E-state index < -0.39 is 0 Å². The maximum atomic E-state index is 6.00. The van der Waals surface area contributed by atoms with Gasteiger partial charge in [-0.3, -0.25) is 0 Å². The Hall–Kier alpha value is -1.07. The second-order valence-corrected chi connectivity index (χ2v) is 6.57. The molecule has 0 radical (unpaired) electrons. The molecule has 0 bridgehead atoms. The molecule has 2 aromatic rings. The number of rotatable bonds is 6. The third-order valence-corrected chi connectivity index (χ3v) is 3.79. The molecule has 0 aliphatic rings. The second kappa shape index (κ2) is 7.27. The van der Waals surface area contributed by atoms with Crippen LogP contribution in [0.1, 0.15) is 30.8 Å². The van der Waals surface area contributed by atoms with Crippen LogP contribution in [0.3, 0.4) is 0 Å². The first-order valence-corrected chi connectivity index (χ1v) is 8.18. The minimum absolute atomic E-state index is 0.388. The van der Waals surface area contributed by atoms with Gasteiger partial charge in [-0.2, -0.15) is 5.10 Å². The smallest absolute Gasteiger partial charge is 0.164 e. The van der Waals surface area contributed by atoms with Crippen LogP contribution in [0, 0.1) is 12.8 Å². The van der Waals surface area contributed by atoms with Gasteiger partial charge in [0.2, 0.25) is 0 Å². The predicted octanol–water partition coefficient (Wildman–Crippen LogP) is 4.32. The van der Waals surface area contributed by atoms with Crippen LogP contribution in [0.15, 0.2) is 22.9 Å². The molecule has 0 saturated carbocycles. The number of benzene rings is 1. The fourth-order valence-electron chi connectivity index (χ4n) is 2.14. The van der Waals surface area contributed by atoms with E-state index in [9.17, 15) is 0 Å². The van der Waals surface area contributed by atoms with Crippen molar-refractivity contribution in [3.63, 3.8) is 0 Å². The molecule has 0 atom stereocenters. The van der Waals surface area contributed by atoms with Crippen LogP contribution in [0.5, 0.6) is 5.75 Å². The highest BCUT2D eigenvalue weighted by molar-refractivity contribution is 9.10. The molecule has 0 aliphatic heterocycles. The van der Waals surface area contributed by atoms with Gasteiger partial charge >= 0.3 is 0 Å². The number of nitrogens with zero attached hydrogens (tertiary/aromatic N) is 3. The first-order chi connectivity index (χ1) is 10.0. The quantitative estimate of drug-likeness (QED) is 0.709. The number of aromatic nitrogens is 3. The number of alkyl halides is 1. The molecule has 6 heteroatoms. The summed E-state index contributed by atoms with van der Waals surface area (Å²) in [5.74, 6) is 2.57. The van der Waals surface area contributed by atoms with Gasteiger partial charge in [0.15, 0.2) is 5.82 Å². The van der Waals surface area contributed by atoms with Crippen LogP contribution in [0.25, 0.3) is 0 Å². The Balaban J connectivity index is 2.15. The molecular formula is C15H19BrClN3O. The van der Waals surface area contributed by atoms with Crippen LogP contribution in [0.2, 0.25) is 0 Å². The Labute approximate surface area is 138 Å². The zero-order valence-electron chi connectivity index (χ0n) is 12.4. The van der Waals surface area contributed by atoms with Crippen molar-refractivity contribution in [3.8, 4) is 5.75 Å². The third kappa shape index (κ3) is 4.20. The number of hydrogen-bond donors (Lipinski definition) is 0. The molecule has 0 spiro atoms. The van der Waals surface area contributed by atoms with Crippen LogP contribution in [-0.2, 0) is 19.0 Å². The van der Waals surface area contributed by atoms with Gasteiger partial charge in [0.05, 0.1) is 5.88 Å². The first-order valence-electron chi connectivity index (χ1n) is 6.85. The van der Waals surface area contributed by atoms with Gasteiger partial charge in [0.25, 0.3) is 0 Å². The highest BCUT2D eigenvalue weighted by Gasteiger charge is 2.11. The molecule has 0 unspecified atom stereocenters. The molecule has 0 amide bonds. The fraction of sp³-hybridized carbons (Fsp3) is 0.467. The van der Waals surface area contributed by atoms with E-state index in [0.29, 0.717) is 18.4 Å². The normalized spacial score (nSPS) is 11.1. The van der Waals surface area contributed by atoms with Gasteiger partial charge in [-0.25, -0.2) is 9.67 Å². The van der Waals surface area contributed by atoms with Crippen molar-refractivity contribution in [2.24, 2.45) is 5.92 Å². The zero-order chi connectivity index (χ0) is 15.4. The summed E-state index contributed by atoms with van der Waals surface area (Å²) in [6.07, 6.45) is 1.57. The third-order valence-electron chi connectivity index (χ3n) is 3.04. The molecule has 4 nitrogen and oxygen atoms in total. The fourth-order valence-corrected chi connectivity index (χ4v) is 2.96. The van der Waals surface area contributed by atoms with Crippen molar-refractivity contribution in [1.82, 2.24) is 14.8 Å². The van der Waals surface area contributed by atoms with Gasteiger partial charge in [-0.15, -0.1) is 11.6 Å². The molecule has 1 heterocycles. The molecular weight excluding hydrogens is 354 g/mol. The number of hydrogen-bond acceptors (Lipinski definition) is 3. The van der Waals surface area contributed by atoms with Crippen molar-refractivity contribution in [2.45, 2.75) is 39.8 Å². The van der Waals surface area contributed by atoms with Crippen molar-refractivity contribution >= 4 is 27.5 Å². The summed E-state index contributed by atoms with van der Waals surface area (Å²) >= 11 is 9.48. The first kappa shape index (κ1) is 16.3. The Kier molecular flexibility index (Phi) is 5.65. The van der Waals surface area contributed by atoms with E-state index in [1.165, 1.54) is 0 Å². The van der Waals surface area contributed by atoms with Crippen molar-refractivity contribution < 1.29 is 4.74 Å². The van der Waals surface area contributed by atoms with E-state index in [1.807, 2.05) is 23.7 Å².